The van der Waals surface area contributed by atoms with E-state index in [2.05, 4.69) is 29.1 Å². The van der Waals surface area contributed by atoms with E-state index in [1.807, 2.05) is 40.7 Å². The molecule has 0 aliphatic rings. The minimum absolute atomic E-state index is 0.500. The molecule has 0 saturated carbocycles. The van der Waals surface area contributed by atoms with Crippen molar-refractivity contribution in [2.24, 2.45) is 0 Å². The molecule has 0 saturated heterocycles. The monoisotopic (exact) mass is 269 g/mol. The summed E-state index contributed by atoms with van der Waals surface area (Å²) < 4.78 is 9.50. The van der Waals surface area contributed by atoms with Crippen molar-refractivity contribution >= 4 is 16.9 Å². The maximum atomic E-state index is 9.50. The zero-order chi connectivity index (χ0) is 14.6. The summed E-state index contributed by atoms with van der Waals surface area (Å²) in [7, 11) is 0.500. The van der Waals surface area contributed by atoms with Gasteiger partial charge < -0.3 is 0 Å². The van der Waals surface area contributed by atoms with Crippen LogP contribution in [0, 0.1) is 6.92 Å². The fourth-order valence-electron chi connectivity index (χ4n) is 1.11. The Balaban J connectivity index is 0. The van der Waals surface area contributed by atoms with E-state index in [-0.39, 0.29) is 0 Å². The molecule has 0 bridgehead atoms. The third-order valence-electron chi connectivity index (χ3n) is 1.93. The molecule has 0 spiro atoms. The molecule has 1 aromatic rings. The number of aryl methyl sites for hydroxylation is 1. The third kappa shape index (κ3) is 7.17. The summed E-state index contributed by atoms with van der Waals surface area (Å²) in [5.74, 6) is 0. The summed E-state index contributed by atoms with van der Waals surface area (Å²) in [4.78, 5) is 4.44. The Labute approximate surface area is 115 Å². The highest BCUT2D eigenvalue weighted by Gasteiger charge is 2.01. The molecule has 0 fully saturated rings. The summed E-state index contributed by atoms with van der Waals surface area (Å²) in [6.45, 7) is 13.8. The summed E-state index contributed by atoms with van der Waals surface area (Å²) in [6.07, 6.45) is 6.02. The second kappa shape index (κ2) is 12.2. The van der Waals surface area contributed by atoms with Gasteiger partial charge in [0.05, 0.1) is 17.9 Å². The summed E-state index contributed by atoms with van der Waals surface area (Å²) in [5, 5.41) is 3.18. The SMILES string of the molecule is C=C/C(C)=C\C(=C/C)c1csc(C)n1.CC.CF. The summed E-state index contributed by atoms with van der Waals surface area (Å²) >= 11 is 1.68. The van der Waals surface area contributed by atoms with Gasteiger partial charge in [0.2, 0.25) is 0 Å². The molecular weight excluding hydrogens is 245 g/mol. The maximum Gasteiger partial charge on any atom is 0.0901 e. The quantitative estimate of drug-likeness (QED) is 0.651. The number of thiazole rings is 1. The molecule has 0 N–H and O–H groups in total. The number of alkyl halides is 1. The molecule has 0 amide bonds. The van der Waals surface area contributed by atoms with Crippen molar-refractivity contribution in [2.45, 2.75) is 34.6 Å². The van der Waals surface area contributed by atoms with E-state index < -0.39 is 0 Å². The van der Waals surface area contributed by atoms with Crippen molar-refractivity contribution in [3.63, 3.8) is 0 Å². The lowest BCUT2D eigenvalue weighted by molar-refractivity contribution is 0.636. The lowest BCUT2D eigenvalue weighted by Crippen LogP contribution is -1.82. The third-order valence-corrected chi connectivity index (χ3v) is 2.70. The topological polar surface area (TPSA) is 12.9 Å². The molecule has 0 aromatic carbocycles. The van der Waals surface area contributed by atoms with Crippen LogP contribution in [0.5, 0.6) is 0 Å². The number of rotatable bonds is 3. The van der Waals surface area contributed by atoms with E-state index in [4.69, 9.17) is 0 Å². The second-order valence-electron chi connectivity index (χ2n) is 3.09. The van der Waals surface area contributed by atoms with Crippen LogP contribution in [0.1, 0.15) is 38.4 Å². The molecule has 1 aromatic heterocycles. The first-order valence-electron chi connectivity index (χ1n) is 5.94. The molecular formula is C15H24FNS. The predicted octanol–water partition coefficient (Wildman–Crippen LogP) is 5.60. The van der Waals surface area contributed by atoms with E-state index >= 15 is 0 Å². The van der Waals surface area contributed by atoms with Gasteiger partial charge >= 0.3 is 0 Å². The number of allylic oxidation sites excluding steroid dienone is 5. The van der Waals surface area contributed by atoms with Crippen molar-refractivity contribution < 1.29 is 4.39 Å². The smallest absolute Gasteiger partial charge is 0.0901 e. The highest BCUT2D eigenvalue weighted by molar-refractivity contribution is 7.09. The molecule has 0 aliphatic carbocycles. The van der Waals surface area contributed by atoms with Gasteiger partial charge in [0.15, 0.2) is 0 Å². The molecule has 0 unspecified atom stereocenters. The van der Waals surface area contributed by atoms with Crippen LogP contribution in [0.2, 0.25) is 0 Å². The van der Waals surface area contributed by atoms with Gasteiger partial charge in [-0.1, -0.05) is 44.2 Å². The van der Waals surface area contributed by atoms with Gasteiger partial charge in [-0.3, -0.25) is 4.39 Å². The van der Waals surface area contributed by atoms with E-state index in [9.17, 15) is 4.39 Å². The molecule has 3 heteroatoms. The Morgan fingerprint density at radius 3 is 2.28 bits per heavy atom. The van der Waals surface area contributed by atoms with Crippen LogP contribution in [0.25, 0.3) is 5.57 Å². The normalized spacial score (nSPS) is 10.8. The lowest BCUT2D eigenvalue weighted by Gasteiger charge is -1.97. The van der Waals surface area contributed by atoms with Crippen LogP contribution < -0.4 is 0 Å². The van der Waals surface area contributed by atoms with Crippen molar-refractivity contribution in [2.75, 3.05) is 7.18 Å². The molecule has 0 atom stereocenters. The van der Waals surface area contributed by atoms with Crippen molar-refractivity contribution in [1.29, 1.82) is 0 Å². The number of aromatic nitrogens is 1. The molecule has 0 radical (unpaired) electrons. The zero-order valence-corrected chi connectivity index (χ0v) is 13.1. The lowest BCUT2D eigenvalue weighted by atomic mass is 10.1. The Kier molecular flexibility index (Phi) is 13.0. The molecule has 1 rings (SSSR count). The van der Waals surface area contributed by atoms with E-state index in [0.29, 0.717) is 7.18 Å². The number of halogens is 1. The van der Waals surface area contributed by atoms with Gasteiger partial charge in [0.1, 0.15) is 0 Å². The minimum Gasteiger partial charge on any atom is -0.255 e. The average molecular weight is 269 g/mol. The van der Waals surface area contributed by atoms with Crippen molar-refractivity contribution in [1.82, 2.24) is 4.98 Å². The van der Waals surface area contributed by atoms with Gasteiger partial charge in [0, 0.05) is 5.38 Å². The molecule has 18 heavy (non-hydrogen) atoms. The fraction of sp³-hybridized carbons (Fsp3) is 0.400. The average Bonchev–Trinajstić information content (AvgIpc) is 2.86. The Bertz CT molecular complexity index is 389. The van der Waals surface area contributed by atoms with Crippen LogP contribution in [0.15, 0.2) is 35.8 Å². The fourth-order valence-corrected chi connectivity index (χ4v) is 1.73. The van der Waals surface area contributed by atoms with Crippen molar-refractivity contribution in [3.05, 3.63) is 46.5 Å². The number of hydrogen-bond donors (Lipinski definition) is 0. The summed E-state index contributed by atoms with van der Waals surface area (Å²) in [6, 6.07) is 0. The van der Waals surface area contributed by atoms with E-state index in [1.165, 1.54) is 0 Å². The summed E-state index contributed by atoms with van der Waals surface area (Å²) in [5.41, 5.74) is 3.37. The molecule has 1 heterocycles. The minimum atomic E-state index is 0.500. The van der Waals surface area contributed by atoms with Gasteiger partial charge in [-0.2, -0.15) is 0 Å². The number of hydrogen-bond acceptors (Lipinski definition) is 2. The maximum absolute atomic E-state index is 9.50. The van der Waals surface area contributed by atoms with E-state index in [1.54, 1.807) is 11.3 Å². The van der Waals surface area contributed by atoms with Gasteiger partial charge in [-0.05, 0) is 26.3 Å². The highest BCUT2D eigenvalue weighted by Crippen LogP contribution is 2.19. The Morgan fingerprint density at radius 2 is 1.94 bits per heavy atom. The first-order valence-corrected chi connectivity index (χ1v) is 6.82. The van der Waals surface area contributed by atoms with Gasteiger partial charge in [0.25, 0.3) is 0 Å². The first-order chi connectivity index (χ1) is 8.67. The van der Waals surface area contributed by atoms with Crippen LogP contribution in [0.3, 0.4) is 0 Å². The molecule has 1 nitrogen and oxygen atoms in total. The highest BCUT2D eigenvalue weighted by atomic mass is 32.1. The second-order valence-corrected chi connectivity index (χ2v) is 4.15. The van der Waals surface area contributed by atoms with Crippen LogP contribution in [-0.2, 0) is 0 Å². The standard InChI is InChI=1S/C12H15NS.C2H6.CH3F/c1-5-9(3)7-11(6-2)12-8-14-10(4)13-12;2*1-2/h5-8H,1H2,2-4H3;1-2H3;1H3/b9-7-,11-6+;;. The van der Waals surface area contributed by atoms with E-state index in [0.717, 1.165) is 21.8 Å². The Morgan fingerprint density at radius 1 is 1.39 bits per heavy atom. The first kappa shape index (κ1) is 19.1. The molecule has 0 aliphatic heterocycles. The van der Waals surface area contributed by atoms with Gasteiger partial charge in [-0.25, -0.2) is 4.98 Å². The van der Waals surface area contributed by atoms with Crippen LogP contribution in [-0.4, -0.2) is 12.2 Å². The molecule has 102 valence electrons. The van der Waals surface area contributed by atoms with Crippen molar-refractivity contribution in [3.8, 4) is 0 Å². The Hall–Kier alpha value is -1.22. The van der Waals surface area contributed by atoms with Gasteiger partial charge in [-0.15, -0.1) is 11.3 Å². The zero-order valence-electron chi connectivity index (χ0n) is 12.2. The van der Waals surface area contributed by atoms with Crippen LogP contribution >= 0.6 is 11.3 Å². The predicted molar refractivity (Wildman–Crippen MR) is 82.8 cm³/mol. The number of nitrogens with zero attached hydrogens (tertiary/aromatic N) is 1. The largest absolute Gasteiger partial charge is 0.255 e. The van der Waals surface area contributed by atoms with Crippen LogP contribution in [0.4, 0.5) is 4.39 Å².